The fourth-order valence-corrected chi connectivity index (χ4v) is 3.64. The molecular weight excluding hydrogens is 414 g/mol. The van der Waals surface area contributed by atoms with Crippen LogP contribution < -0.4 is 4.90 Å². The van der Waals surface area contributed by atoms with Gasteiger partial charge in [-0.05, 0) is 69.2 Å². The van der Waals surface area contributed by atoms with Crippen molar-refractivity contribution in [1.29, 1.82) is 0 Å². The Kier molecular flexibility index (Phi) is 14.6. The van der Waals surface area contributed by atoms with E-state index >= 15 is 0 Å². The minimum Gasteiger partial charge on any atom is -0.281 e. The van der Waals surface area contributed by atoms with Crippen molar-refractivity contribution < 1.29 is 4.79 Å². The summed E-state index contributed by atoms with van der Waals surface area (Å²) in [5.74, 6) is 0.133. The molecule has 0 aliphatic rings. The smallest absolute Gasteiger partial charge is 0.231 e. The summed E-state index contributed by atoms with van der Waals surface area (Å²) in [6.45, 7) is 2.24. The summed E-state index contributed by atoms with van der Waals surface area (Å²) in [6.07, 6.45) is 28.2. The lowest BCUT2D eigenvalue weighted by atomic mass is 10.1. The highest BCUT2D eigenvalue weighted by atomic mass is 16.2. The van der Waals surface area contributed by atoms with Gasteiger partial charge >= 0.3 is 0 Å². The number of unbranched alkanes of at least 4 members (excludes halogenated alkanes) is 4. The van der Waals surface area contributed by atoms with Gasteiger partial charge in [0.15, 0.2) is 0 Å². The quantitative estimate of drug-likeness (QED) is 0.182. The number of para-hydroxylation sites is 2. The maximum Gasteiger partial charge on any atom is 0.231 e. The number of hydrogen-bond donors (Lipinski definition) is 0. The second-order valence-corrected chi connectivity index (χ2v) is 8.38. The van der Waals surface area contributed by atoms with Crippen molar-refractivity contribution in [2.45, 2.75) is 71.1 Å². The van der Waals surface area contributed by atoms with Gasteiger partial charge in [-0.25, -0.2) is 0 Å². The number of benzene rings is 2. The van der Waals surface area contributed by atoms with Crippen molar-refractivity contribution in [2.75, 3.05) is 4.90 Å². The van der Waals surface area contributed by atoms with E-state index in [1.54, 1.807) is 0 Å². The third-order valence-electron chi connectivity index (χ3n) is 5.50. The van der Waals surface area contributed by atoms with E-state index in [9.17, 15) is 4.79 Å². The van der Waals surface area contributed by atoms with Crippen LogP contribution in [-0.4, -0.2) is 5.91 Å². The molecule has 180 valence electrons. The van der Waals surface area contributed by atoms with Crippen molar-refractivity contribution in [3.63, 3.8) is 0 Å². The Labute approximate surface area is 207 Å². The minimum atomic E-state index is 0.133. The molecule has 0 unspecified atom stereocenters. The summed E-state index contributed by atoms with van der Waals surface area (Å²) < 4.78 is 0. The van der Waals surface area contributed by atoms with Crippen molar-refractivity contribution in [1.82, 2.24) is 0 Å². The fraction of sp³-hybridized carbons (Fsp3) is 0.344. The van der Waals surface area contributed by atoms with Crippen LogP contribution in [0.3, 0.4) is 0 Å². The molecule has 0 saturated heterocycles. The largest absolute Gasteiger partial charge is 0.281 e. The molecule has 0 bridgehead atoms. The highest BCUT2D eigenvalue weighted by Gasteiger charge is 2.16. The lowest BCUT2D eigenvalue weighted by Gasteiger charge is -2.23. The molecule has 0 aliphatic carbocycles. The molecule has 0 aromatic heterocycles. The zero-order valence-corrected chi connectivity index (χ0v) is 20.8. The van der Waals surface area contributed by atoms with Gasteiger partial charge in [0, 0.05) is 17.8 Å². The molecule has 0 atom stereocenters. The number of rotatable bonds is 16. The van der Waals surface area contributed by atoms with Crippen LogP contribution in [0.2, 0.25) is 0 Å². The van der Waals surface area contributed by atoms with Gasteiger partial charge in [-0.3, -0.25) is 9.69 Å². The fourth-order valence-electron chi connectivity index (χ4n) is 3.64. The van der Waals surface area contributed by atoms with E-state index in [4.69, 9.17) is 0 Å². The topological polar surface area (TPSA) is 20.3 Å². The molecule has 0 spiro atoms. The molecule has 2 aromatic carbocycles. The number of carbonyl (C=O) groups excluding carboxylic acids is 1. The molecule has 0 saturated carbocycles. The van der Waals surface area contributed by atoms with Crippen molar-refractivity contribution in [3.05, 3.63) is 109 Å². The molecule has 2 heteroatoms. The zero-order valence-electron chi connectivity index (χ0n) is 20.8. The van der Waals surface area contributed by atoms with Gasteiger partial charge in [-0.2, -0.15) is 0 Å². The van der Waals surface area contributed by atoms with Crippen LogP contribution in [0.4, 0.5) is 11.4 Å². The molecule has 0 radical (unpaired) electrons. The third kappa shape index (κ3) is 11.7. The lowest BCUT2D eigenvalue weighted by Crippen LogP contribution is -2.25. The van der Waals surface area contributed by atoms with Crippen molar-refractivity contribution in [3.8, 4) is 0 Å². The highest BCUT2D eigenvalue weighted by molar-refractivity contribution is 6.00. The van der Waals surface area contributed by atoms with E-state index in [0.29, 0.717) is 6.42 Å². The van der Waals surface area contributed by atoms with Gasteiger partial charge in [0.25, 0.3) is 0 Å². The van der Waals surface area contributed by atoms with E-state index < -0.39 is 0 Å². The van der Waals surface area contributed by atoms with Gasteiger partial charge in [-0.1, -0.05) is 105 Å². The van der Waals surface area contributed by atoms with E-state index in [0.717, 1.165) is 43.5 Å². The standard InChI is InChI=1S/C32H41NO/c1-2-3-4-5-6-7-8-9-10-11-12-13-14-15-16-17-24-29-32(34)33(30-25-20-18-21-26-30)31-27-22-19-23-28-31/h6-7,9-10,12-13,15-16,18-23,25-28H,2-5,8,11,14,17,24,29H2,1H3. The molecule has 2 aromatic rings. The Bertz CT molecular complexity index is 854. The zero-order chi connectivity index (χ0) is 24.1. The molecule has 2 nitrogen and oxygen atoms in total. The summed E-state index contributed by atoms with van der Waals surface area (Å²) >= 11 is 0. The number of anilines is 2. The predicted molar refractivity (Wildman–Crippen MR) is 148 cm³/mol. The summed E-state index contributed by atoms with van der Waals surface area (Å²) in [5.41, 5.74) is 1.83. The van der Waals surface area contributed by atoms with Crippen LogP contribution in [0, 0.1) is 0 Å². The van der Waals surface area contributed by atoms with Crippen LogP contribution >= 0.6 is 0 Å². The number of carbonyl (C=O) groups is 1. The van der Waals surface area contributed by atoms with E-state index in [-0.39, 0.29) is 5.91 Å². The van der Waals surface area contributed by atoms with Gasteiger partial charge in [0.05, 0.1) is 0 Å². The molecule has 1 amide bonds. The molecule has 0 heterocycles. The van der Waals surface area contributed by atoms with Crippen LogP contribution in [0.1, 0.15) is 71.1 Å². The number of hydrogen-bond acceptors (Lipinski definition) is 1. The van der Waals surface area contributed by atoms with Gasteiger partial charge in [0.2, 0.25) is 5.91 Å². The van der Waals surface area contributed by atoms with E-state index in [1.807, 2.05) is 65.6 Å². The van der Waals surface area contributed by atoms with Gasteiger partial charge < -0.3 is 0 Å². The first kappa shape index (κ1) is 27.1. The Morgan fingerprint density at radius 3 is 1.53 bits per heavy atom. The molecule has 34 heavy (non-hydrogen) atoms. The SMILES string of the molecule is CCCCCC=CCC=CCC=CCC=CCCCC(=O)N(c1ccccc1)c1ccccc1. The first-order valence-electron chi connectivity index (χ1n) is 12.9. The maximum atomic E-state index is 13.0. The third-order valence-corrected chi connectivity index (χ3v) is 5.50. The molecule has 0 aliphatic heterocycles. The number of amides is 1. The summed E-state index contributed by atoms with van der Waals surface area (Å²) in [6, 6.07) is 19.8. The Hall–Kier alpha value is -3.13. The second-order valence-electron chi connectivity index (χ2n) is 8.38. The average Bonchev–Trinajstić information content (AvgIpc) is 2.87. The van der Waals surface area contributed by atoms with Crippen LogP contribution in [-0.2, 0) is 4.79 Å². The first-order chi connectivity index (χ1) is 16.8. The van der Waals surface area contributed by atoms with Crippen LogP contribution in [0.15, 0.2) is 109 Å². The van der Waals surface area contributed by atoms with E-state index in [2.05, 4.69) is 55.5 Å². The predicted octanol–water partition coefficient (Wildman–Crippen LogP) is 9.50. The van der Waals surface area contributed by atoms with Crippen LogP contribution in [0.25, 0.3) is 0 Å². The summed E-state index contributed by atoms with van der Waals surface area (Å²) in [5, 5.41) is 0. The highest BCUT2D eigenvalue weighted by Crippen LogP contribution is 2.26. The Morgan fingerprint density at radius 1 is 0.618 bits per heavy atom. The first-order valence-corrected chi connectivity index (χ1v) is 12.9. The van der Waals surface area contributed by atoms with E-state index in [1.165, 1.54) is 25.7 Å². The van der Waals surface area contributed by atoms with Crippen molar-refractivity contribution in [2.24, 2.45) is 0 Å². The van der Waals surface area contributed by atoms with Gasteiger partial charge in [-0.15, -0.1) is 0 Å². The molecule has 0 fully saturated rings. The van der Waals surface area contributed by atoms with Crippen molar-refractivity contribution >= 4 is 17.3 Å². The average molecular weight is 456 g/mol. The lowest BCUT2D eigenvalue weighted by molar-refractivity contribution is -0.118. The number of nitrogens with zero attached hydrogens (tertiary/aromatic N) is 1. The molecule has 0 N–H and O–H groups in total. The van der Waals surface area contributed by atoms with Crippen LogP contribution in [0.5, 0.6) is 0 Å². The molecule has 2 rings (SSSR count). The Morgan fingerprint density at radius 2 is 1.06 bits per heavy atom. The minimum absolute atomic E-state index is 0.133. The summed E-state index contributed by atoms with van der Waals surface area (Å²) in [4.78, 5) is 14.8. The maximum absolute atomic E-state index is 13.0. The second kappa shape index (κ2) is 18.3. The monoisotopic (exact) mass is 455 g/mol. The molecular formula is C32H41NO. The number of allylic oxidation sites excluding steroid dienone is 8. The Balaban J connectivity index is 1.62. The summed E-state index contributed by atoms with van der Waals surface area (Å²) in [7, 11) is 0. The van der Waals surface area contributed by atoms with Gasteiger partial charge in [0.1, 0.15) is 0 Å². The normalized spacial score (nSPS) is 11.9.